The molecule has 1 aromatic rings. The van der Waals surface area contributed by atoms with E-state index in [0.717, 1.165) is 5.56 Å². The van der Waals surface area contributed by atoms with Crippen molar-refractivity contribution >= 4 is 10.0 Å². The number of aryl methyl sites for hydroxylation is 1. The predicted octanol–water partition coefficient (Wildman–Crippen LogP) is 1.12. The van der Waals surface area contributed by atoms with E-state index in [1.54, 1.807) is 0 Å². The summed E-state index contributed by atoms with van der Waals surface area (Å²) in [5.74, 6) is 2.41. The van der Waals surface area contributed by atoms with Crippen molar-refractivity contribution in [2.75, 3.05) is 19.3 Å². The lowest BCUT2D eigenvalue weighted by Gasteiger charge is -2.13. The molecule has 3 nitrogen and oxygen atoms in total. The summed E-state index contributed by atoms with van der Waals surface area (Å²) in [4.78, 5) is 0. The van der Waals surface area contributed by atoms with Crippen LogP contribution < -0.4 is 0 Å². The summed E-state index contributed by atoms with van der Waals surface area (Å²) in [7, 11) is -1.73. The molecule has 0 aliphatic rings. The minimum Gasteiger partial charge on any atom is -0.212 e. The van der Waals surface area contributed by atoms with Gasteiger partial charge >= 0.3 is 0 Å². The van der Waals surface area contributed by atoms with Gasteiger partial charge in [0, 0.05) is 7.05 Å². The second-order valence-corrected chi connectivity index (χ2v) is 5.71. The van der Waals surface area contributed by atoms with Gasteiger partial charge in [-0.1, -0.05) is 36.3 Å². The van der Waals surface area contributed by atoms with Crippen molar-refractivity contribution in [2.24, 2.45) is 0 Å². The van der Waals surface area contributed by atoms with Gasteiger partial charge in [0.2, 0.25) is 10.0 Å². The Bertz CT molecular complexity index is 460. The molecule has 0 saturated carbocycles. The Balaban J connectivity index is 2.59. The van der Waals surface area contributed by atoms with Crippen LogP contribution in [-0.2, 0) is 16.4 Å². The molecule has 0 amide bonds. The Morgan fingerprint density at radius 3 is 2.50 bits per heavy atom. The molecular weight excluding hydrogens is 222 g/mol. The molecule has 0 aromatic heterocycles. The minimum absolute atomic E-state index is 0.0925. The molecule has 16 heavy (non-hydrogen) atoms. The van der Waals surface area contributed by atoms with Crippen molar-refractivity contribution in [1.82, 2.24) is 4.31 Å². The Kier molecular flexibility index (Phi) is 4.53. The van der Waals surface area contributed by atoms with Crippen LogP contribution >= 0.6 is 0 Å². The Hall–Kier alpha value is -1.31. The van der Waals surface area contributed by atoms with Gasteiger partial charge in [-0.2, -0.15) is 4.31 Å². The number of terminal acetylenes is 1. The molecule has 0 aliphatic carbocycles. The van der Waals surface area contributed by atoms with Crippen LogP contribution in [0.4, 0.5) is 0 Å². The Labute approximate surface area is 97.1 Å². The predicted molar refractivity (Wildman–Crippen MR) is 65.4 cm³/mol. The van der Waals surface area contributed by atoms with Gasteiger partial charge in [-0.25, -0.2) is 8.42 Å². The average molecular weight is 237 g/mol. The maximum atomic E-state index is 11.7. The standard InChI is InChI=1S/C12H15NO2S/c1-3-10-13(2)16(14,15)11-9-12-7-5-4-6-8-12/h1,4-8H,9-11H2,2H3. The monoisotopic (exact) mass is 237 g/mol. The average Bonchev–Trinajstić information content (AvgIpc) is 2.28. The van der Waals surface area contributed by atoms with Crippen molar-refractivity contribution < 1.29 is 8.42 Å². The lowest BCUT2D eigenvalue weighted by atomic mass is 10.2. The van der Waals surface area contributed by atoms with E-state index in [0.29, 0.717) is 6.42 Å². The Morgan fingerprint density at radius 2 is 1.94 bits per heavy atom. The molecule has 0 aliphatic heterocycles. The zero-order chi connectivity index (χ0) is 12.0. The van der Waals surface area contributed by atoms with E-state index in [1.165, 1.54) is 11.4 Å². The first kappa shape index (κ1) is 12.8. The maximum absolute atomic E-state index is 11.7. The van der Waals surface area contributed by atoms with Gasteiger partial charge in [-0.3, -0.25) is 0 Å². The fourth-order valence-electron chi connectivity index (χ4n) is 1.27. The third kappa shape index (κ3) is 3.69. The molecule has 0 atom stereocenters. The highest BCUT2D eigenvalue weighted by atomic mass is 32.2. The molecule has 0 bridgehead atoms. The number of rotatable bonds is 5. The van der Waals surface area contributed by atoms with Crippen molar-refractivity contribution in [3.05, 3.63) is 35.9 Å². The third-order valence-electron chi connectivity index (χ3n) is 2.28. The summed E-state index contributed by atoms with van der Waals surface area (Å²) in [6.07, 6.45) is 5.59. The second-order valence-electron chi connectivity index (χ2n) is 3.51. The topological polar surface area (TPSA) is 37.4 Å². The molecule has 0 spiro atoms. The van der Waals surface area contributed by atoms with Crippen LogP contribution in [0.25, 0.3) is 0 Å². The SMILES string of the molecule is C#CCN(C)S(=O)(=O)CCc1ccccc1. The van der Waals surface area contributed by atoms with E-state index >= 15 is 0 Å². The molecule has 0 fully saturated rings. The van der Waals surface area contributed by atoms with Gasteiger partial charge in [0.25, 0.3) is 0 Å². The highest BCUT2D eigenvalue weighted by Gasteiger charge is 2.16. The molecular formula is C12H15NO2S. The van der Waals surface area contributed by atoms with Crippen LogP contribution in [0.5, 0.6) is 0 Å². The number of hydrogen-bond acceptors (Lipinski definition) is 2. The highest BCUT2D eigenvalue weighted by molar-refractivity contribution is 7.89. The van der Waals surface area contributed by atoms with Gasteiger partial charge in [0.05, 0.1) is 12.3 Å². The summed E-state index contributed by atoms with van der Waals surface area (Å²) in [6, 6.07) is 9.52. The van der Waals surface area contributed by atoms with Crippen molar-refractivity contribution in [3.8, 4) is 12.3 Å². The van der Waals surface area contributed by atoms with Crippen LogP contribution in [0.3, 0.4) is 0 Å². The largest absolute Gasteiger partial charge is 0.215 e. The quantitative estimate of drug-likeness (QED) is 0.720. The van der Waals surface area contributed by atoms with E-state index in [4.69, 9.17) is 6.42 Å². The fourth-order valence-corrected chi connectivity index (χ4v) is 2.35. The summed E-state index contributed by atoms with van der Waals surface area (Å²) in [5, 5.41) is 0. The van der Waals surface area contributed by atoms with Crippen molar-refractivity contribution in [2.45, 2.75) is 6.42 Å². The maximum Gasteiger partial charge on any atom is 0.215 e. The van der Waals surface area contributed by atoms with Gasteiger partial charge in [-0.15, -0.1) is 6.42 Å². The van der Waals surface area contributed by atoms with E-state index in [2.05, 4.69) is 5.92 Å². The van der Waals surface area contributed by atoms with Crippen molar-refractivity contribution in [3.63, 3.8) is 0 Å². The van der Waals surface area contributed by atoms with Gasteiger partial charge in [-0.05, 0) is 12.0 Å². The molecule has 1 rings (SSSR count). The molecule has 86 valence electrons. The van der Waals surface area contributed by atoms with Crippen LogP contribution in [0.1, 0.15) is 5.56 Å². The number of nitrogens with zero attached hydrogens (tertiary/aromatic N) is 1. The molecule has 0 unspecified atom stereocenters. The zero-order valence-electron chi connectivity index (χ0n) is 9.26. The molecule has 4 heteroatoms. The Morgan fingerprint density at radius 1 is 1.31 bits per heavy atom. The molecule has 0 saturated heterocycles. The van der Waals surface area contributed by atoms with Gasteiger partial charge in [0.15, 0.2) is 0 Å². The fraction of sp³-hybridized carbons (Fsp3) is 0.333. The molecule has 0 heterocycles. The van der Waals surface area contributed by atoms with Crippen LogP contribution in [-0.4, -0.2) is 32.1 Å². The second kappa shape index (κ2) is 5.69. The highest BCUT2D eigenvalue weighted by Crippen LogP contribution is 2.04. The normalized spacial score (nSPS) is 11.3. The first-order valence-electron chi connectivity index (χ1n) is 4.97. The summed E-state index contributed by atoms with van der Waals surface area (Å²) in [5.41, 5.74) is 1.01. The number of sulfonamides is 1. The van der Waals surface area contributed by atoms with E-state index < -0.39 is 10.0 Å². The van der Waals surface area contributed by atoms with Crippen LogP contribution in [0.15, 0.2) is 30.3 Å². The molecule has 0 radical (unpaired) electrons. The minimum atomic E-state index is -3.23. The first-order chi connectivity index (χ1) is 7.56. The number of hydrogen-bond donors (Lipinski definition) is 0. The molecule has 1 aromatic carbocycles. The lowest BCUT2D eigenvalue weighted by Crippen LogP contribution is -2.30. The summed E-state index contributed by atoms with van der Waals surface area (Å²) in [6.45, 7) is 0.122. The lowest BCUT2D eigenvalue weighted by molar-refractivity contribution is 0.502. The van der Waals surface area contributed by atoms with E-state index in [9.17, 15) is 8.42 Å². The van der Waals surface area contributed by atoms with Crippen LogP contribution in [0.2, 0.25) is 0 Å². The van der Waals surface area contributed by atoms with Crippen LogP contribution in [0, 0.1) is 12.3 Å². The summed E-state index contributed by atoms with van der Waals surface area (Å²) >= 11 is 0. The van der Waals surface area contributed by atoms with Crippen molar-refractivity contribution in [1.29, 1.82) is 0 Å². The smallest absolute Gasteiger partial charge is 0.212 e. The zero-order valence-corrected chi connectivity index (χ0v) is 10.1. The van der Waals surface area contributed by atoms with E-state index in [-0.39, 0.29) is 12.3 Å². The summed E-state index contributed by atoms with van der Waals surface area (Å²) < 4.78 is 24.7. The first-order valence-corrected chi connectivity index (χ1v) is 6.58. The van der Waals surface area contributed by atoms with E-state index in [1.807, 2.05) is 30.3 Å². The number of benzene rings is 1. The molecule has 0 N–H and O–H groups in total. The van der Waals surface area contributed by atoms with Gasteiger partial charge < -0.3 is 0 Å². The van der Waals surface area contributed by atoms with Gasteiger partial charge in [0.1, 0.15) is 0 Å². The third-order valence-corrected chi connectivity index (χ3v) is 4.08.